The van der Waals surface area contributed by atoms with Crippen molar-refractivity contribution in [3.63, 3.8) is 0 Å². The van der Waals surface area contributed by atoms with Gasteiger partial charge in [-0.2, -0.15) is 0 Å². The monoisotopic (exact) mass is 394 g/mol. The Balaban J connectivity index is 1.55. The van der Waals surface area contributed by atoms with Crippen LogP contribution in [0.15, 0.2) is 54.6 Å². The van der Waals surface area contributed by atoms with Crippen LogP contribution in [0.1, 0.15) is 30.4 Å². The Hall–Kier alpha value is -2.37. The summed E-state index contributed by atoms with van der Waals surface area (Å²) in [5.74, 6) is 0.837. The number of methoxy groups -OCH3 is 1. The number of amides is 1. The van der Waals surface area contributed by atoms with E-state index >= 15 is 0 Å². The van der Waals surface area contributed by atoms with E-state index in [0.717, 1.165) is 42.8 Å². The van der Waals surface area contributed by atoms with E-state index < -0.39 is 5.60 Å². The molecule has 2 saturated heterocycles. The predicted octanol–water partition coefficient (Wildman–Crippen LogP) is 2.82. The maximum absolute atomic E-state index is 13.1. The minimum atomic E-state index is -0.924. The van der Waals surface area contributed by atoms with E-state index in [4.69, 9.17) is 4.74 Å². The first kappa shape index (κ1) is 19.9. The molecule has 2 atom stereocenters. The highest BCUT2D eigenvalue weighted by molar-refractivity contribution is 5.79. The Morgan fingerprint density at radius 1 is 1.07 bits per heavy atom. The van der Waals surface area contributed by atoms with Gasteiger partial charge in [-0.3, -0.25) is 9.69 Å². The van der Waals surface area contributed by atoms with Crippen LogP contribution < -0.4 is 4.74 Å². The zero-order valence-corrected chi connectivity index (χ0v) is 17.1. The van der Waals surface area contributed by atoms with Crippen LogP contribution in [-0.2, 0) is 16.8 Å². The van der Waals surface area contributed by atoms with Gasteiger partial charge in [0.1, 0.15) is 11.4 Å². The molecule has 0 aromatic heterocycles. The van der Waals surface area contributed by atoms with Crippen molar-refractivity contribution in [2.45, 2.75) is 37.3 Å². The fourth-order valence-corrected chi connectivity index (χ4v) is 4.81. The molecule has 5 heteroatoms. The van der Waals surface area contributed by atoms with Crippen molar-refractivity contribution in [2.75, 3.05) is 33.3 Å². The summed E-state index contributed by atoms with van der Waals surface area (Å²) in [6.45, 7) is 3.08. The van der Waals surface area contributed by atoms with Gasteiger partial charge in [-0.15, -0.1) is 0 Å². The van der Waals surface area contributed by atoms with Crippen LogP contribution in [0.3, 0.4) is 0 Å². The van der Waals surface area contributed by atoms with Crippen molar-refractivity contribution < 1.29 is 14.6 Å². The lowest BCUT2D eigenvalue weighted by Gasteiger charge is -2.48. The van der Waals surface area contributed by atoms with Gasteiger partial charge in [0.2, 0.25) is 5.91 Å². The molecule has 29 heavy (non-hydrogen) atoms. The summed E-state index contributed by atoms with van der Waals surface area (Å²) in [7, 11) is 1.63. The molecule has 1 amide bonds. The average molecular weight is 395 g/mol. The Morgan fingerprint density at radius 2 is 1.76 bits per heavy atom. The summed E-state index contributed by atoms with van der Waals surface area (Å²) in [5, 5.41) is 11.7. The molecule has 2 fully saturated rings. The topological polar surface area (TPSA) is 53.0 Å². The number of benzene rings is 2. The fraction of sp³-hybridized carbons (Fsp3) is 0.458. The van der Waals surface area contributed by atoms with Crippen molar-refractivity contribution in [1.29, 1.82) is 0 Å². The van der Waals surface area contributed by atoms with Crippen molar-refractivity contribution in [2.24, 2.45) is 0 Å². The van der Waals surface area contributed by atoms with Crippen molar-refractivity contribution in [3.8, 4) is 5.75 Å². The lowest BCUT2D eigenvalue weighted by molar-refractivity contribution is -0.142. The Kier molecular flexibility index (Phi) is 5.88. The van der Waals surface area contributed by atoms with Crippen molar-refractivity contribution in [3.05, 3.63) is 65.7 Å². The Morgan fingerprint density at radius 3 is 2.48 bits per heavy atom. The van der Waals surface area contributed by atoms with E-state index in [1.54, 1.807) is 7.11 Å². The molecule has 0 unspecified atom stereocenters. The van der Waals surface area contributed by atoms with E-state index in [-0.39, 0.29) is 11.9 Å². The summed E-state index contributed by atoms with van der Waals surface area (Å²) in [6, 6.07) is 17.6. The van der Waals surface area contributed by atoms with Gasteiger partial charge >= 0.3 is 0 Å². The highest BCUT2D eigenvalue weighted by Crippen LogP contribution is 2.37. The maximum Gasteiger partial charge on any atom is 0.227 e. The third-order valence-electron chi connectivity index (χ3n) is 6.45. The second-order valence-electron chi connectivity index (χ2n) is 8.13. The molecular weight excluding hydrogens is 364 g/mol. The van der Waals surface area contributed by atoms with Gasteiger partial charge in [-0.25, -0.2) is 0 Å². The first-order valence-corrected chi connectivity index (χ1v) is 10.5. The normalized spacial score (nSPS) is 25.2. The lowest BCUT2D eigenvalue weighted by atomic mass is 9.79. The summed E-state index contributed by atoms with van der Waals surface area (Å²) in [5.41, 5.74) is 0.933. The average Bonchev–Trinajstić information content (AvgIpc) is 3.29. The molecule has 0 bridgehead atoms. The van der Waals surface area contributed by atoms with Crippen LogP contribution >= 0.6 is 0 Å². The number of para-hydroxylation sites is 1. The molecule has 2 aliphatic rings. The van der Waals surface area contributed by atoms with Gasteiger partial charge in [0.25, 0.3) is 0 Å². The highest BCUT2D eigenvalue weighted by atomic mass is 16.5. The number of piperidine rings is 1. The number of nitrogens with zero attached hydrogens (tertiary/aromatic N) is 2. The van der Waals surface area contributed by atoms with Gasteiger partial charge in [0.15, 0.2) is 0 Å². The largest absolute Gasteiger partial charge is 0.496 e. The zero-order valence-electron chi connectivity index (χ0n) is 17.1. The minimum Gasteiger partial charge on any atom is -0.496 e. The number of hydrogen-bond acceptors (Lipinski definition) is 4. The maximum atomic E-state index is 13.1. The van der Waals surface area contributed by atoms with Crippen LogP contribution in [0, 0.1) is 0 Å². The molecule has 0 spiro atoms. The van der Waals surface area contributed by atoms with E-state index in [9.17, 15) is 9.90 Å². The van der Waals surface area contributed by atoms with Crippen LogP contribution in [-0.4, -0.2) is 60.1 Å². The third-order valence-corrected chi connectivity index (χ3v) is 6.45. The molecule has 4 rings (SSSR count). The van der Waals surface area contributed by atoms with Gasteiger partial charge in [-0.05, 0) is 44.0 Å². The van der Waals surface area contributed by atoms with Crippen molar-refractivity contribution in [1.82, 2.24) is 9.80 Å². The van der Waals surface area contributed by atoms with Crippen molar-refractivity contribution >= 4 is 5.91 Å². The van der Waals surface area contributed by atoms with Crippen LogP contribution in [0.4, 0.5) is 0 Å². The van der Waals surface area contributed by atoms with Gasteiger partial charge < -0.3 is 14.7 Å². The van der Waals surface area contributed by atoms with E-state index in [1.165, 1.54) is 0 Å². The summed E-state index contributed by atoms with van der Waals surface area (Å²) in [4.78, 5) is 17.4. The molecule has 5 nitrogen and oxygen atoms in total. The summed E-state index contributed by atoms with van der Waals surface area (Å²) >= 11 is 0. The highest BCUT2D eigenvalue weighted by Gasteiger charge is 2.47. The molecule has 0 radical (unpaired) electrons. The SMILES string of the molecule is COc1ccccc1CC(=O)N1CC[C@](O)(c2ccccc2)[C@H](N2CCCC2)C1. The Bertz CT molecular complexity index is 835. The fourth-order valence-electron chi connectivity index (χ4n) is 4.81. The Labute approximate surface area is 172 Å². The molecule has 2 aromatic rings. The molecule has 1 N–H and O–H groups in total. The zero-order chi connectivity index (χ0) is 20.3. The molecule has 0 saturated carbocycles. The molecular formula is C24H30N2O3. The quantitative estimate of drug-likeness (QED) is 0.847. The number of carbonyl (C=O) groups excluding carboxylic acids is 1. The number of carbonyl (C=O) groups is 1. The second kappa shape index (κ2) is 8.56. The standard InChI is InChI=1S/C24H30N2O3/c1-29-21-12-6-5-9-19(21)17-23(27)26-16-13-24(28,20-10-3-2-4-11-20)22(18-26)25-14-7-8-15-25/h2-6,9-12,22,28H,7-8,13-18H2,1H3/t22-,24+/m1/s1. The smallest absolute Gasteiger partial charge is 0.227 e. The first-order chi connectivity index (χ1) is 14.1. The van der Waals surface area contributed by atoms with Crippen LogP contribution in [0.2, 0.25) is 0 Å². The number of aliphatic hydroxyl groups is 1. The lowest BCUT2D eigenvalue weighted by Crippen LogP contribution is -2.61. The van der Waals surface area contributed by atoms with Crippen LogP contribution in [0.25, 0.3) is 0 Å². The molecule has 2 heterocycles. The molecule has 2 aromatic carbocycles. The van der Waals surface area contributed by atoms with Gasteiger partial charge in [-0.1, -0.05) is 48.5 Å². The second-order valence-corrected chi connectivity index (χ2v) is 8.13. The number of likely N-dealkylation sites (tertiary alicyclic amines) is 2. The molecule has 0 aliphatic carbocycles. The van der Waals surface area contributed by atoms with E-state index in [2.05, 4.69) is 4.90 Å². The molecule has 154 valence electrons. The predicted molar refractivity (Wildman–Crippen MR) is 113 cm³/mol. The minimum absolute atomic E-state index is 0.0808. The van der Waals surface area contributed by atoms with Crippen LogP contribution in [0.5, 0.6) is 5.75 Å². The van der Waals surface area contributed by atoms with Gasteiger partial charge in [0, 0.05) is 18.7 Å². The summed E-state index contributed by atoms with van der Waals surface area (Å²) < 4.78 is 5.41. The number of hydrogen-bond donors (Lipinski definition) is 1. The third kappa shape index (κ3) is 4.02. The number of ether oxygens (including phenoxy) is 1. The number of rotatable bonds is 5. The summed E-state index contributed by atoms with van der Waals surface area (Å²) in [6.07, 6.45) is 3.17. The molecule has 2 aliphatic heterocycles. The van der Waals surface area contributed by atoms with Gasteiger partial charge in [0.05, 0.1) is 19.6 Å². The van der Waals surface area contributed by atoms with E-state index in [0.29, 0.717) is 25.9 Å². The first-order valence-electron chi connectivity index (χ1n) is 10.5. The van der Waals surface area contributed by atoms with E-state index in [1.807, 2.05) is 59.5 Å².